The third kappa shape index (κ3) is 3.58. The fourth-order valence-electron chi connectivity index (χ4n) is 2.63. The summed E-state index contributed by atoms with van der Waals surface area (Å²) in [5.41, 5.74) is 1.63. The molecule has 0 amide bonds. The predicted octanol–water partition coefficient (Wildman–Crippen LogP) is 4.86. The molecule has 0 saturated carbocycles. The molecule has 2 heterocycles. The summed E-state index contributed by atoms with van der Waals surface area (Å²) in [4.78, 5) is 4.42. The summed E-state index contributed by atoms with van der Waals surface area (Å²) in [5.74, 6) is 2.05. The van der Waals surface area contributed by atoms with Crippen molar-refractivity contribution in [2.24, 2.45) is 7.05 Å². The Morgan fingerprint density at radius 1 is 1.00 bits per heavy atom. The van der Waals surface area contributed by atoms with Gasteiger partial charge in [0.15, 0.2) is 17.5 Å². The lowest BCUT2D eigenvalue weighted by molar-refractivity contribution is 0.423. The van der Waals surface area contributed by atoms with Crippen LogP contribution in [0.25, 0.3) is 22.8 Å². The maximum absolute atomic E-state index is 6.02. The Kier molecular flexibility index (Phi) is 4.90. The zero-order chi connectivity index (χ0) is 19.0. The molecule has 2 aromatic carbocycles. The van der Waals surface area contributed by atoms with Gasteiger partial charge in [0.25, 0.3) is 5.89 Å². The first-order chi connectivity index (χ1) is 13.0. The minimum atomic E-state index is -0.500. The van der Waals surface area contributed by atoms with E-state index in [0.29, 0.717) is 33.4 Å². The molecule has 136 valence electrons. The van der Waals surface area contributed by atoms with Crippen molar-refractivity contribution in [2.75, 3.05) is 0 Å². The first-order valence-electron chi connectivity index (χ1n) is 7.96. The van der Waals surface area contributed by atoms with Crippen LogP contribution in [0, 0.1) is 0 Å². The van der Waals surface area contributed by atoms with E-state index in [2.05, 4.69) is 33.0 Å². The highest BCUT2D eigenvalue weighted by atomic mass is 35.5. The number of benzene rings is 2. The van der Waals surface area contributed by atoms with Crippen molar-refractivity contribution >= 4 is 35.8 Å². The maximum Gasteiger partial charge on any atom is 0.258 e. The minimum Gasteiger partial charge on any atom is -0.334 e. The first-order valence-corrected chi connectivity index (χ1v) is 9.23. The molecular formula is C18H13Cl2N5OS. The van der Waals surface area contributed by atoms with Gasteiger partial charge in [0.2, 0.25) is 0 Å². The Balaban J connectivity index is 1.64. The smallest absolute Gasteiger partial charge is 0.258 e. The van der Waals surface area contributed by atoms with Gasteiger partial charge in [-0.25, -0.2) is 0 Å². The van der Waals surface area contributed by atoms with Crippen LogP contribution < -0.4 is 0 Å². The molecule has 4 rings (SSSR count). The highest BCUT2D eigenvalue weighted by Gasteiger charge is 2.23. The second-order valence-electron chi connectivity index (χ2n) is 5.82. The first kappa shape index (κ1) is 18.0. The van der Waals surface area contributed by atoms with E-state index in [4.69, 9.17) is 27.7 Å². The lowest BCUT2D eigenvalue weighted by Crippen LogP contribution is -2.05. The van der Waals surface area contributed by atoms with Crippen molar-refractivity contribution in [1.82, 2.24) is 24.9 Å². The maximum atomic E-state index is 6.02. The summed E-state index contributed by atoms with van der Waals surface area (Å²) in [6.45, 7) is 0. The number of nitrogens with zero attached hydrogens (tertiary/aromatic N) is 5. The molecule has 0 aliphatic heterocycles. The third-order valence-corrected chi connectivity index (χ3v) is 4.96. The van der Waals surface area contributed by atoms with Gasteiger partial charge < -0.3 is 9.09 Å². The number of hydrogen-bond donors (Lipinski definition) is 1. The zero-order valence-electron chi connectivity index (χ0n) is 14.0. The summed E-state index contributed by atoms with van der Waals surface area (Å²) in [5, 5.41) is 13.3. The zero-order valence-corrected chi connectivity index (χ0v) is 16.4. The van der Waals surface area contributed by atoms with Crippen LogP contribution in [0.5, 0.6) is 0 Å². The topological polar surface area (TPSA) is 69.6 Å². The molecule has 0 aliphatic rings. The van der Waals surface area contributed by atoms with Crippen LogP contribution in [-0.4, -0.2) is 24.9 Å². The van der Waals surface area contributed by atoms with E-state index in [1.54, 1.807) is 24.3 Å². The molecule has 0 fully saturated rings. The fourth-order valence-corrected chi connectivity index (χ4v) is 3.28. The second-order valence-corrected chi connectivity index (χ2v) is 7.21. The molecule has 4 aromatic rings. The molecule has 1 atom stereocenters. The van der Waals surface area contributed by atoms with Crippen molar-refractivity contribution in [2.45, 2.75) is 5.25 Å². The number of hydrogen-bond acceptors (Lipinski definition) is 6. The Morgan fingerprint density at radius 2 is 1.78 bits per heavy atom. The van der Waals surface area contributed by atoms with Gasteiger partial charge >= 0.3 is 0 Å². The summed E-state index contributed by atoms with van der Waals surface area (Å²) < 4.78 is 7.20. The lowest BCUT2D eigenvalue weighted by Gasteiger charge is -2.07. The quantitative estimate of drug-likeness (QED) is 0.480. The molecule has 0 N–H and O–H groups in total. The van der Waals surface area contributed by atoms with Gasteiger partial charge in [-0.15, -0.1) is 10.2 Å². The number of halogens is 2. The Labute approximate surface area is 170 Å². The summed E-state index contributed by atoms with van der Waals surface area (Å²) in [6.07, 6.45) is 0. The Morgan fingerprint density at radius 3 is 2.52 bits per heavy atom. The van der Waals surface area contributed by atoms with Crippen molar-refractivity contribution < 1.29 is 4.52 Å². The Hall–Kier alpha value is -2.35. The largest absolute Gasteiger partial charge is 0.334 e. The molecular weight excluding hydrogens is 405 g/mol. The molecule has 9 heteroatoms. The molecule has 2 aromatic heterocycles. The van der Waals surface area contributed by atoms with Crippen molar-refractivity contribution in [3.8, 4) is 22.8 Å². The van der Waals surface area contributed by atoms with Gasteiger partial charge in [-0.05, 0) is 42.5 Å². The summed E-state index contributed by atoms with van der Waals surface area (Å²) in [6, 6.07) is 14.6. The van der Waals surface area contributed by atoms with Gasteiger partial charge in [-0.1, -0.05) is 34.4 Å². The summed E-state index contributed by atoms with van der Waals surface area (Å²) >= 11 is 16.6. The van der Waals surface area contributed by atoms with Crippen LogP contribution in [0.1, 0.15) is 16.9 Å². The highest BCUT2D eigenvalue weighted by molar-refractivity contribution is 7.80. The van der Waals surface area contributed by atoms with Crippen LogP contribution in [0.15, 0.2) is 53.1 Å². The van der Waals surface area contributed by atoms with Crippen molar-refractivity contribution in [3.05, 3.63) is 70.2 Å². The van der Waals surface area contributed by atoms with Crippen molar-refractivity contribution in [1.29, 1.82) is 0 Å². The third-order valence-electron chi connectivity index (χ3n) is 4.01. The van der Waals surface area contributed by atoms with E-state index in [1.807, 2.05) is 35.9 Å². The predicted molar refractivity (Wildman–Crippen MR) is 107 cm³/mol. The lowest BCUT2D eigenvalue weighted by atomic mass is 10.2. The molecule has 27 heavy (non-hydrogen) atoms. The SMILES string of the molecule is Cn1c(-c2ccc(Cl)cc2)nnc1C(S)c1noc(-c2cccc(Cl)c2)n1. The number of aromatic nitrogens is 5. The van der Waals surface area contributed by atoms with E-state index in [9.17, 15) is 0 Å². The van der Waals surface area contributed by atoms with E-state index in [0.717, 1.165) is 11.1 Å². The summed E-state index contributed by atoms with van der Waals surface area (Å²) in [7, 11) is 1.86. The van der Waals surface area contributed by atoms with Gasteiger partial charge in [0, 0.05) is 28.2 Å². The standard InChI is InChI=1S/C18H13Cl2N5OS/c1-25-16(10-5-7-12(19)8-6-10)22-23-17(25)14(27)15-21-18(26-24-15)11-3-2-4-13(20)9-11/h2-9,14,27H,1H3. The molecule has 0 radical (unpaired) electrons. The molecule has 0 aliphatic carbocycles. The molecule has 0 saturated heterocycles. The van der Waals surface area contributed by atoms with E-state index in [-0.39, 0.29) is 0 Å². The van der Waals surface area contributed by atoms with Gasteiger partial charge in [0.1, 0.15) is 5.25 Å². The fraction of sp³-hybridized carbons (Fsp3) is 0.111. The van der Waals surface area contributed by atoms with Gasteiger partial charge in [-0.3, -0.25) is 0 Å². The highest BCUT2D eigenvalue weighted by Crippen LogP contribution is 2.30. The van der Waals surface area contributed by atoms with E-state index < -0.39 is 5.25 Å². The average molecular weight is 418 g/mol. The van der Waals surface area contributed by atoms with Crippen LogP contribution in [0.2, 0.25) is 10.0 Å². The molecule has 1 unspecified atom stereocenters. The van der Waals surface area contributed by atoms with Gasteiger partial charge in [-0.2, -0.15) is 17.6 Å². The van der Waals surface area contributed by atoms with Crippen molar-refractivity contribution in [3.63, 3.8) is 0 Å². The molecule has 6 nitrogen and oxygen atoms in total. The average Bonchev–Trinajstić information content (AvgIpc) is 3.29. The van der Waals surface area contributed by atoms with Crippen LogP contribution >= 0.6 is 35.8 Å². The van der Waals surface area contributed by atoms with Crippen LogP contribution in [0.4, 0.5) is 0 Å². The monoisotopic (exact) mass is 417 g/mol. The number of thiol groups is 1. The molecule has 0 bridgehead atoms. The minimum absolute atomic E-state index is 0.367. The van der Waals surface area contributed by atoms with E-state index >= 15 is 0 Å². The molecule has 0 spiro atoms. The second kappa shape index (κ2) is 7.34. The van der Waals surface area contributed by atoms with Gasteiger partial charge in [0.05, 0.1) is 0 Å². The normalized spacial score (nSPS) is 12.3. The Bertz CT molecular complexity index is 1090. The van der Waals surface area contributed by atoms with Crippen LogP contribution in [0.3, 0.4) is 0 Å². The number of rotatable bonds is 4. The van der Waals surface area contributed by atoms with E-state index in [1.165, 1.54) is 0 Å². The van der Waals surface area contributed by atoms with Crippen LogP contribution in [-0.2, 0) is 7.05 Å².